The first-order chi connectivity index (χ1) is 13.0. The third-order valence-corrected chi connectivity index (χ3v) is 5.24. The lowest BCUT2D eigenvalue weighted by atomic mass is 10.1. The fourth-order valence-corrected chi connectivity index (χ4v) is 4.08. The highest BCUT2D eigenvalue weighted by atomic mass is 16.5. The van der Waals surface area contributed by atoms with Crippen LogP contribution in [0.25, 0.3) is 0 Å². The first-order valence-electron chi connectivity index (χ1n) is 9.08. The normalized spacial score (nSPS) is 21.2. The highest BCUT2D eigenvalue weighted by molar-refractivity contribution is 5.92. The highest BCUT2D eigenvalue weighted by Crippen LogP contribution is 2.36. The molecule has 2 aliphatic heterocycles. The summed E-state index contributed by atoms with van der Waals surface area (Å²) in [5, 5.41) is 8.69. The van der Waals surface area contributed by atoms with Crippen LogP contribution in [0, 0.1) is 0 Å². The Bertz CT molecular complexity index is 825. The topological polar surface area (TPSA) is 84.8 Å². The van der Waals surface area contributed by atoms with Gasteiger partial charge in [0.2, 0.25) is 5.95 Å². The first kappa shape index (κ1) is 17.7. The number of nitrogens with zero attached hydrogens (tertiary/aromatic N) is 5. The molecule has 2 atom stereocenters. The number of benzene rings is 1. The average molecular weight is 368 g/mol. The number of hydroxylamine groups is 1. The van der Waals surface area contributed by atoms with Crippen LogP contribution < -0.4 is 15.3 Å². The maximum absolute atomic E-state index is 11.4. The van der Waals surface area contributed by atoms with E-state index in [2.05, 4.69) is 63.0 Å². The summed E-state index contributed by atoms with van der Waals surface area (Å²) in [6.07, 6.45) is 3.98. The van der Waals surface area contributed by atoms with Gasteiger partial charge in [0.15, 0.2) is 0 Å². The molecule has 2 fully saturated rings. The van der Waals surface area contributed by atoms with Crippen molar-refractivity contribution in [2.75, 3.05) is 37.0 Å². The van der Waals surface area contributed by atoms with Crippen molar-refractivity contribution in [3.63, 3.8) is 0 Å². The monoisotopic (exact) mass is 368 g/mol. The number of carbonyl (C=O) groups excluding carboxylic acids is 1. The molecule has 8 heteroatoms. The molecule has 2 bridgehead atoms. The molecule has 0 spiro atoms. The Morgan fingerprint density at radius 2 is 1.93 bits per heavy atom. The second kappa shape index (κ2) is 7.13. The molecule has 2 saturated heterocycles. The van der Waals surface area contributed by atoms with E-state index in [1.807, 2.05) is 0 Å². The van der Waals surface area contributed by atoms with Gasteiger partial charge in [0.05, 0.1) is 11.6 Å². The van der Waals surface area contributed by atoms with E-state index in [0.29, 0.717) is 18.0 Å². The van der Waals surface area contributed by atoms with E-state index in [0.717, 1.165) is 26.1 Å². The number of carbonyl (C=O) groups is 1. The average Bonchev–Trinajstić information content (AvgIpc) is 3.28. The summed E-state index contributed by atoms with van der Waals surface area (Å²) in [5.74, 6) is 0.0336. The van der Waals surface area contributed by atoms with Crippen LogP contribution in [0.5, 0.6) is 0 Å². The number of rotatable bonds is 5. The molecule has 1 aromatic heterocycles. The summed E-state index contributed by atoms with van der Waals surface area (Å²) < 4.78 is 0. The maximum Gasteiger partial charge on any atom is 0.277 e. The third kappa shape index (κ3) is 3.45. The SMILES string of the molecule is CN(C)Cc1cccc(N2C[C@@H]3C[C@@H]2CN3c2ncc(C(=O)NO)cn2)c1. The van der Waals surface area contributed by atoms with Crippen molar-refractivity contribution in [1.82, 2.24) is 20.3 Å². The molecule has 2 aromatic rings. The number of aromatic nitrogens is 2. The van der Waals surface area contributed by atoms with Crippen LogP contribution in [0.3, 0.4) is 0 Å². The van der Waals surface area contributed by atoms with Crippen molar-refractivity contribution in [2.45, 2.75) is 25.0 Å². The Labute approximate surface area is 158 Å². The van der Waals surface area contributed by atoms with E-state index in [4.69, 9.17) is 5.21 Å². The fourth-order valence-electron chi connectivity index (χ4n) is 4.08. The van der Waals surface area contributed by atoms with Gasteiger partial charge in [-0.3, -0.25) is 10.0 Å². The summed E-state index contributed by atoms with van der Waals surface area (Å²) in [6, 6.07) is 9.57. The van der Waals surface area contributed by atoms with Crippen molar-refractivity contribution in [2.24, 2.45) is 0 Å². The van der Waals surface area contributed by atoms with Gasteiger partial charge < -0.3 is 14.7 Å². The van der Waals surface area contributed by atoms with Crippen LogP contribution >= 0.6 is 0 Å². The van der Waals surface area contributed by atoms with Crippen LogP contribution in [0.15, 0.2) is 36.7 Å². The molecule has 1 amide bonds. The predicted octanol–water partition coefficient (Wildman–Crippen LogP) is 1.12. The van der Waals surface area contributed by atoms with Crippen LogP contribution in [-0.2, 0) is 6.54 Å². The Morgan fingerprint density at radius 3 is 2.56 bits per heavy atom. The lowest BCUT2D eigenvalue weighted by Gasteiger charge is -2.35. The minimum absolute atomic E-state index is 0.241. The first-order valence-corrected chi connectivity index (χ1v) is 9.08. The van der Waals surface area contributed by atoms with E-state index in [1.165, 1.54) is 23.6 Å². The van der Waals surface area contributed by atoms with Gasteiger partial charge in [-0.1, -0.05) is 12.1 Å². The van der Waals surface area contributed by atoms with Gasteiger partial charge in [0.25, 0.3) is 5.91 Å². The van der Waals surface area contributed by atoms with Gasteiger partial charge in [-0.15, -0.1) is 0 Å². The summed E-state index contributed by atoms with van der Waals surface area (Å²) in [4.78, 5) is 26.9. The fraction of sp³-hybridized carbons (Fsp3) is 0.421. The van der Waals surface area contributed by atoms with E-state index < -0.39 is 5.91 Å². The largest absolute Gasteiger partial charge is 0.365 e. The molecule has 2 N–H and O–H groups in total. The molecule has 0 unspecified atom stereocenters. The molecule has 8 nitrogen and oxygen atoms in total. The molecule has 4 rings (SSSR count). The molecule has 2 aliphatic rings. The molecule has 0 radical (unpaired) electrons. The maximum atomic E-state index is 11.4. The van der Waals surface area contributed by atoms with E-state index in [-0.39, 0.29) is 5.56 Å². The van der Waals surface area contributed by atoms with Gasteiger partial charge in [-0.2, -0.15) is 0 Å². The zero-order chi connectivity index (χ0) is 19.0. The van der Waals surface area contributed by atoms with E-state index in [1.54, 1.807) is 5.48 Å². The number of amides is 1. The van der Waals surface area contributed by atoms with Crippen molar-refractivity contribution in [3.05, 3.63) is 47.8 Å². The molecule has 142 valence electrons. The van der Waals surface area contributed by atoms with Crippen molar-refractivity contribution < 1.29 is 10.0 Å². The third-order valence-electron chi connectivity index (χ3n) is 5.24. The molecule has 0 aliphatic carbocycles. The second-order valence-corrected chi connectivity index (χ2v) is 7.47. The van der Waals surface area contributed by atoms with E-state index in [9.17, 15) is 4.79 Å². The number of anilines is 2. The summed E-state index contributed by atoms with van der Waals surface area (Å²) in [6.45, 7) is 2.75. The van der Waals surface area contributed by atoms with Crippen LogP contribution in [0.4, 0.5) is 11.6 Å². The van der Waals surface area contributed by atoms with Gasteiger partial charge in [0.1, 0.15) is 0 Å². The lowest BCUT2D eigenvalue weighted by Crippen LogP contribution is -2.47. The number of fused-ring (bicyclic) bond motifs is 2. The zero-order valence-corrected chi connectivity index (χ0v) is 15.5. The van der Waals surface area contributed by atoms with Crippen molar-refractivity contribution in [3.8, 4) is 0 Å². The minimum atomic E-state index is -0.603. The number of hydrogen-bond acceptors (Lipinski definition) is 7. The summed E-state index contributed by atoms with van der Waals surface area (Å²) in [7, 11) is 4.16. The minimum Gasteiger partial charge on any atom is -0.365 e. The zero-order valence-electron chi connectivity index (χ0n) is 15.5. The van der Waals surface area contributed by atoms with Gasteiger partial charge in [-0.05, 0) is 38.2 Å². The van der Waals surface area contributed by atoms with Crippen molar-refractivity contribution >= 4 is 17.5 Å². The summed E-state index contributed by atoms with van der Waals surface area (Å²) in [5.41, 5.74) is 4.43. The molecular formula is C19H24N6O2. The molecule has 27 heavy (non-hydrogen) atoms. The molecule has 0 saturated carbocycles. The molecular weight excluding hydrogens is 344 g/mol. The summed E-state index contributed by atoms with van der Waals surface area (Å²) >= 11 is 0. The van der Waals surface area contributed by atoms with Crippen LogP contribution in [-0.4, -0.2) is 65.3 Å². The number of piperazine rings is 1. The standard InChI is InChI=1S/C19H24N6O2/c1-23(2)10-13-4-3-5-15(6-13)24-11-17-7-16(24)12-25(17)19-20-8-14(9-21-19)18(26)22-27/h3-6,8-9,16-17,27H,7,10-12H2,1-2H3,(H,22,26)/t16-,17+/m1/s1. The number of nitrogens with one attached hydrogen (secondary N) is 1. The smallest absolute Gasteiger partial charge is 0.277 e. The van der Waals surface area contributed by atoms with Gasteiger partial charge >= 0.3 is 0 Å². The Kier molecular flexibility index (Phi) is 4.67. The van der Waals surface area contributed by atoms with Gasteiger partial charge in [-0.25, -0.2) is 15.4 Å². The van der Waals surface area contributed by atoms with Gasteiger partial charge in [0, 0.05) is 43.8 Å². The lowest BCUT2D eigenvalue weighted by molar-refractivity contribution is 0.0705. The van der Waals surface area contributed by atoms with Crippen molar-refractivity contribution in [1.29, 1.82) is 0 Å². The Balaban J connectivity index is 1.46. The molecule has 1 aromatic carbocycles. The van der Waals surface area contributed by atoms with Crippen LogP contribution in [0.2, 0.25) is 0 Å². The Morgan fingerprint density at radius 1 is 1.22 bits per heavy atom. The highest BCUT2D eigenvalue weighted by Gasteiger charge is 2.44. The van der Waals surface area contributed by atoms with Crippen LogP contribution in [0.1, 0.15) is 22.3 Å². The second-order valence-electron chi connectivity index (χ2n) is 7.47. The Hall–Kier alpha value is -2.71. The molecule has 3 heterocycles. The quantitative estimate of drug-likeness (QED) is 0.604. The number of hydrogen-bond donors (Lipinski definition) is 2. The van der Waals surface area contributed by atoms with E-state index >= 15 is 0 Å². The predicted molar refractivity (Wildman–Crippen MR) is 102 cm³/mol.